The van der Waals surface area contributed by atoms with Crippen molar-refractivity contribution in [1.29, 1.82) is 0 Å². The molecule has 2 nitrogen and oxygen atoms in total. The minimum absolute atomic E-state index is 0.202. The van der Waals surface area contributed by atoms with Gasteiger partial charge >= 0.3 is 10.0 Å². The van der Waals surface area contributed by atoms with Gasteiger partial charge in [-0.25, -0.2) is 0 Å². The van der Waals surface area contributed by atoms with E-state index in [0.29, 0.717) is 6.10 Å². The first-order valence-electron chi connectivity index (χ1n) is 2.74. The maximum Gasteiger partial charge on any atom is 0.433 e. The monoisotopic (exact) mass is 132 g/mol. The third kappa shape index (κ3) is 4.30. The zero-order valence-corrected chi connectivity index (χ0v) is 6.60. The van der Waals surface area contributed by atoms with Crippen molar-refractivity contribution < 1.29 is 8.85 Å². The van der Waals surface area contributed by atoms with Gasteiger partial charge in [0.25, 0.3) is 0 Å². The fourth-order valence-electron chi connectivity index (χ4n) is 0.214. The van der Waals surface area contributed by atoms with Crippen molar-refractivity contribution in [3.05, 3.63) is 0 Å². The average Bonchev–Trinajstić information content (AvgIpc) is 1.83. The van der Waals surface area contributed by atoms with E-state index < -0.39 is 0 Å². The Morgan fingerprint density at radius 2 is 2.25 bits per heavy atom. The molecular weight excluding hydrogens is 120 g/mol. The van der Waals surface area contributed by atoms with Gasteiger partial charge in [0.2, 0.25) is 0 Å². The summed E-state index contributed by atoms with van der Waals surface area (Å²) in [7, 11) is 1.84. The van der Waals surface area contributed by atoms with Crippen LogP contribution in [0.5, 0.6) is 0 Å². The van der Waals surface area contributed by atoms with Crippen molar-refractivity contribution in [3.63, 3.8) is 0 Å². The number of rotatable bonds is 4. The van der Waals surface area contributed by atoms with Crippen molar-refractivity contribution in [2.75, 3.05) is 7.11 Å². The second kappa shape index (κ2) is 5.28. The lowest BCUT2D eigenvalue weighted by Gasteiger charge is -2.05. The van der Waals surface area contributed by atoms with Gasteiger partial charge in [0.15, 0.2) is 0 Å². The van der Waals surface area contributed by atoms with Crippen LogP contribution in [0.1, 0.15) is 20.3 Å². The first-order valence-corrected chi connectivity index (χ1v) is 3.56. The van der Waals surface area contributed by atoms with Crippen LogP contribution < -0.4 is 0 Å². The van der Waals surface area contributed by atoms with Crippen LogP contribution >= 0.6 is 0 Å². The molecule has 0 N–H and O–H groups in total. The van der Waals surface area contributed by atoms with E-state index in [-0.39, 0.29) is 10.0 Å². The van der Waals surface area contributed by atoms with Crippen LogP contribution in [0.3, 0.4) is 0 Å². The Morgan fingerprint density at radius 1 is 1.62 bits per heavy atom. The van der Waals surface area contributed by atoms with Gasteiger partial charge in [-0.3, -0.25) is 0 Å². The summed E-state index contributed by atoms with van der Waals surface area (Å²) in [4.78, 5) is 0. The van der Waals surface area contributed by atoms with Crippen molar-refractivity contribution in [3.8, 4) is 0 Å². The molecule has 3 heteroatoms. The SMILES string of the molecule is CCC(C)O[Si]OC. The van der Waals surface area contributed by atoms with Gasteiger partial charge < -0.3 is 8.85 Å². The van der Waals surface area contributed by atoms with E-state index in [2.05, 4.69) is 6.92 Å². The summed E-state index contributed by atoms with van der Waals surface area (Å²) in [6.45, 7) is 4.12. The van der Waals surface area contributed by atoms with Crippen LogP contribution in [-0.2, 0) is 8.85 Å². The molecule has 0 fully saturated rings. The minimum Gasteiger partial charge on any atom is -0.396 e. The van der Waals surface area contributed by atoms with Crippen molar-refractivity contribution in [2.45, 2.75) is 26.4 Å². The molecular formula is C5H12O2Si. The van der Waals surface area contributed by atoms with Gasteiger partial charge in [0, 0.05) is 13.2 Å². The van der Waals surface area contributed by atoms with Gasteiger partial charge in [0.05, 0.1) is 0 Å². The van der Waals surface area contributed by atoms with Crippen molar-refractivity contribution in [2.24, 2.45) is 0 Å². The van der Waals surface area contributed by atoms with Crippen LogP contribution in [0.4, 0.5) is 0 Å². The van der Waals surface area contributed by atoms with Crippen LogP contribution in [0.25, 0.3) is 0 Å². The fraction of sp³-hybridized carbons (Fsp3) is 1.00. The first-order chi connectivity index (χ1) is 3.81. The average molecular weight is 132 g/mol. The summed E-state index contributed by atoms with van der Waals surface area (Å²) in [5, 5.41) is 0. The van der Waals surface area contributed by atoms with Crippen LogP contribution in [0.2, 0.25) is 0 Å². The van der Waals surface area contributed by atoms with E-state index in [1.165, 1.54) is 0 Å². The highest BCUT2D eigenvalue weighted by Gasteiger charge is 1.96. The molecule has 0 aromatic carbocycles. The Morgan fingerprint density at radius 3 is 2.62 bits per heavy atom. The summed E-state index contributed by atoms with van der Waals surface area (Å²) in [5.74, 6) is 0. The molecule has 0 bridgehead atoms. The van der Waals surface area contributed by atoms with E-state index in [1.807, 2.05) is 6.92 Å². The molecule has 1 atom stereocenters. The van der Waals surface area contributed by atoms with E-state index in [9.17, 15) is 0 Å². The largest absolute Gasteiger partial charge is 0.433 e. The summed E-state index contributed by atoms with van der Waals surface area (Å²) < 4.78 is 9.87. The highest BCUT2D eigenvalue weighted by Crippen LogP contribution is 1.92. The second-order valence-electron chi connectivity index (χ2n) is 1.62. The Hall–Kier alpha value is 0.137. The summed E-state index contributed by atoms with van der Waals surface area (Å²) >= 11 is 0. The highest BCUT2D eigenvalue weighted by atomic mass is 28.3. The predicted molar refractivity (Wildman–Crippen MR) is 33.6 cm³/mol. The minimum atomic E-state index is 0.202. The summed E-state index contributed by atoms with van der Waals surface area (Å²) in [6, 6.07) is 0. The molecule has 0 saturated carbocycles. The topological polar surface area (TPSA) is 18.5 Å². The highest BCUT2D eigenvalue weighted by molar-refractivity contribution is 6.17. The smallest absolute Gasteiger partial charge is 0.396 e. The van der Waals surface area contributed by atoms with Gasteiger partial charge in [-0.05, 0) is 13.3 Å². The normalized spacial score (nSPS) is 13.9. The number of hydrogen-bond acceptors (Lipinski definition) is 2. The maximum absolute atomic E-state index is 5.15. The lowest BCUT2D eigenvalue weighted by molar-refractivity contribution is 0.182. The van der Waals surface area contributed by atoms with Crippen LogP contribution in [-0.4, -0.2) is 23.2 Å². The Labute approximate surface area is 53.2 Å². The molecule has 8 heavy (non-hydrogen) atoms. The molecule has 0 aliphatic carbocycles. The van der Waals surface area contributed by atoms with Crippen LogP contribution in [0.15, 0.2) is 0 Å². The van der Waals surface area contributed by atoms with Crippen LogP contribution in [0, 0.1) is 0 Å². The third-order valence-electron chi connectivity index (χ3n) is 0.908. The van der Waals surface area contributed by atoms with Gasteiger partial charge in [-0.1, -0.05) is 6.92 Å². The molecule has 0 spiro atoms. The standard InChI is InChI=1S/C5H12O2Si/c1-4-5(2)7-8-6-3/h5H,4H2,1-3H3. The lowest BCUT2D eigenvalue weighted by atomic mass is 10.3. The third-order valence-corrected chi connectivity index (χ3v) is 1.57. The quantitative estimate of drug-likeness (QED) is 0.531. The maximum atomic E-state index is 5.15. The van der Waals surface area contributed by atoms with Crippen molar-refractivity contribution in [1.82, 2.24) is 0 Å². The molecule has 48 valence electrons. The Bertz CT molecular complexity index is 49.7. The lowest BCUT2D eigenvalue weighted by Crippen LogP contribution is -2.11. The molecule has 2 radical (unpaired) electrons. The van der Waals surface area contributed by atoms with E-state index in [1.54, 1.807) is 7.11 Å². The summed E-state index contributed by atoms with van der Waals surface area (Å²) in [5.41, 5.74) is 0. The molecule has 0 amide bonds. The molecule has 0 saturated heterocycles. The second-order valence-corrected chi connectivity index (χ2v) is 2.43. The van der Waals surface area contributed by atoms with E-state index in [0.717, 1.165) is 6.42 Å². The predicted octanol–water partition coefficient (Wildman–Crippen LogP) is 0.982. The fourth-order valence-corrected chi connectivity index (χ4v) is 0.641. The molecule has 0 aliphatic heterocycles. The van der Waals surface area contributed by atoms with Gasteiger partial charge in [0.1, 0.15) is 0 Å². The van der Waals surface area contributed by atoms with E-state index in [4.69, 9.17) is 8.85 Å². The zero-order valence-electron chi connectivity index (χ0n) is 5.60. The molecule has 0 rings (SSSR count). The Kier molecular flexibility index (Phi) is 5.37. The molecule has 0 aromatic heterocycles. The molecule has 0 aliphatic rings. The summed E-state index contributed by atoms with van der Waals surface area (Å²) in [6.07, 6.45) is 1.39. The van der Waals surface area contributed by atoms with Crippen molar-refractivity contribution >= 4 is 10.0 Å². The van der Waals surface area contributed by atoms with Gasteiger partial charge in [-0.15, -0.1) is 0 Å². The number of hydrogen-bond donors (Lipinski definition) is 0. The van der Waals surface area contributed by atoms with Gasteiger partial charge in [-0.2, -0.15) is 0 Å². The molecule has 1 unspecified atom stereocenters. The van der Waals surface area contributed by atoms with E-state index >= 15 is 0 Å². The first kappa shape index (κ1) is 8.14. The molecule has 0 aromatic rings. The zero-order chi connectivity index (χ0) is 6.41. The molecule has 0 heterocycles. The Balaban J connectivity index is 2.86.